The first kappa shape index (κ1) is 9.24. The van der Waals surface area contributed by atoms with Gasteiger partial charge in [0.2, 0.25) is 0 Å². The molecule has 0 aromatic heterocycles. The van der Waals surface area contributed by atoms with Crippen LogP contribution in [0.15, 0.2) is 29.4 Å². The van der Waals surface area contributed by atoms with Crippen molar-refractivity contribution in [2.24, 2.45) is 16.3 Å². The van der Waals surface area contributed by atoms with Crippen LogP contribution in [-0.2, 0) is 0 Å². The summed E-state index contributed by atoms with van der Waals surface area (Å²) in [5.74, 6) is 0.499. The summed E-state index contributed by atoms with van der Waals surface area (Å²) in [6, 6.07) is 0. The minimum absolute atomic E-state index is 0.299. The predicted molar refractivity (Wildman–Crippen MR) is 54.3 cm³/mol. The van der Waals surface area contributed by atoms with Gasteiger partial charge in [0.05, 0.1) is 0 Å². The molecule has 0 fully saturated rings. The fraction of sp³-hybridized carbons (Fsp3) is 0.545. The SMILES string of the molecule is CC1=NC=CC(C(C)(C)C)C=C1. The molecule has 0 saturated carbocycles. The summed E-state index contributed by atoms with van der Waals surface area (Å²) >= 11 is 0. The molecule has 1 rings (SSSR count). The van der Waals surface area contributed by atoms with Gasteiger partial charge in [-0.3, -0.25) is 4.99 Å². The smallest absolute Gasteiger partial charge is 0.0369 e. The van der Waals surface area contributed by atoms with E-state index in [1.54, 1.807) is 0 Å². The molecule has 0 saturated heterocycles. The lowest BCUT2D eigenvalue weighted by atomic mass is 9.80. The van der Waals surface area contributed by atoms with Crippen LogP contribution >= 0.6 is 0 Å². The highest BCUT2D eigenvalue weighted by molar-refractivity contribution is 5.93. The number of hydrogen-bond acceptors (Lipinski definition) is 1. The highest BCUT2D eigenvalue weighted by atomic mass is 14.7. The average molecular weight is 163 g/mol. The molecule has 1 unspecified atom stereocenters. The average Bonchev–Trinajstić information content (AvgIpc) is 2.11. The summed E-state index contributed by atoms with van der Waals surface area (Å²) in [5, 5.41) is 0. The summed E-state index contributed by atoms with van der Waals surface area (Å²) in [7, 11) is 0. The maximum atomic E-state index is 4.24. The number of nitrogens with zero attached hydrogens (tertiary/aromatic N) is 1. The Balaban J connectivity index is 2.81. The standard InChI is InChI=1S/C11H17N/c1-9-5-6-10(7-8-12-9)11(2,3)4/h5-8,10H,1-4H3. The van der Waals surface area contributed by atoms with Crippen molar-refractivity contribution in [1.29, 1.82) is 0 Å². The van der Waals surface area contributed by atoms with Crippen LogP contribution in [0, 0.1) is 11.3 Å². The highest BCUT2D eigenvalue weighted by Gasteiger charge is 2.19. The highest BCUT2D eigenvalue weighted by Crippen LogP contribution is 2.28. The number of rotatable bonds is 0. The zero-order valence-corrected chi connectivity index (χ0v) is 8.33. The van der Waals surface area contributed by atoms with E-state index in [4.69, 9.17) is 0 Å². The number of allylic oxidation sites excluding steroid dienone is 3. The van der Waals surface area contributed by atoms with Gasteiger partial charge >= 0.3 is 0 Å². The van der Waals surface area contributed by atoms with Crippen LogP contribution in [0.5, 0.6) is 0 Å². The lowest BCUT2D eigenvalue weighted by molar-refractivity contribution is 0.344. The minimum atomic E-state index is 0.299. The second kappa shape index (κ2) is 3.26. The molecule has 0 N–H and O–H groups in total. The maximum absolute atomic E-state index is 4.24. The molecule has 0 bridgehead atoms. The van der Waals surface area contributed by atoms with E-state index in [9.17, 15) is 0 Å². The van der Waals surface area contributed by atoms with Crippen LogP contribution in [-0.4, -0.2) is 5.71 Å². The normalized spacial score (nSPS) is 23.7. The molecule has 1 aliphatic heterocycles. The van der Waals surface area contributed by atoms with Crippen molar-refractivity contribution in [3.63, 3.8) is 0 Å². The molecule has 0 radical (unpaired) electrons. The Labute approximate surface area is 74.9 Å². The van der Waals surface area contributed by atoms with Crippen LogP contribution in [0.25, 0.3) is 0 Å². The van der Waals surface area contributed by atoms with E-state index in [1.807, 2.05) is 13.1 Å². The van der Waals surface area contributed by atoms with Crippen LogP contribution in [0.2, 0.25) is 0 Å². The Morgan fingerprint density at radius 3 is 2.50 bits per heavy atom. The molecule has 1 aliphatic rings. The molecule has 0 aromatic rings. The summed E-state index contributed by atoms with van der Waals surface area (Å²) < 4.78 is 0. The first-order valence-electron chi connectivity index (χ1n) is 4.39. The molecule has 0 aliphatic carbocycles. The van der Waals surface area contributed by atoms with Gasteiger partial charge in [0.15, 0.2) is 0 Å². The lowest BCUT2D eigenvalue weighted by Gasteiger charge is -2.24. The van der Waals surface area contributed by atoms with Gasteiger partial charge in [0, 0.05) is 17.8 Å². The minimum Gasteiger partial charge on any atom is -0.262 e. The summed E-state index contributed by atoms with van der Waals surface area (Å²) in [6.45, 7) is 8.75. The van der Waals surface area contributed by atoms with Crippen molar-refractivity contribution in [3.8, 4) is 0 Å². The van der Waals surface area contributed by atoms with E-state index in [0.717, 1.165) is 5.71 Å². The predicted octanol–water partition coefficient (Wildman–Crippen LogP) is 3.19. The second-order valence-corrected chi connectivity index (χ2v) is 4.36. The van der Waals surface area contributed by atoms with Crippen LogP contribution in [0.3, 0.4) is 0 Å². The van der Waals surface area contributed by atoms with Gasteiger partial charge in [0.25, 0.3) is 0 Å². The first-order chi connectivity index (χ1) is 5.50. The van der Waals surface area contributed by atoms with Crippen molar-refractivity contribution in [2.45, 2.75) is 27.7 Å². The van der Waals surface area contributed by atoms with Crippen LogP contribution < -0.4 is 0 Å². The molecule has 1 atom stereocenters. The van der Waals surface area contributed by atoms with Crippen molar-refractivity contribution in [1.82, 2.24) is 0 Å². The van der Waals surface area contributed by atoms with E-state index >= 15 is 0 Å². The zero-order chi connectivity index (χ0) is 9.19. The van der Waals surface area contributed by atoms with Crippen molar-refractivity contribution >= 4 is 5.71 Å². The largest absolute Gasteiger partial charge is 0.262 e. The Bertz CT molecular complexity index is 238. The van der Waals surface area contributed by atoms with Crippen LogP contribution in [0.4, 0.5) is 0 Å². The molecule has 1 heterocycles. The summed E-state index contributed by atoms with van der Waals surface area (Å²) in [4.78, 5) is 4.24. The molecule has 1 heteroatoms. The first-order valence-corrected chi connectivity index (χ1v) is 4.39. The lowest BCUT2D eigenvalue weighted by Crippen LogP contribution is -2.15. The van der Waals surface area contributed by atoms with Crippen molar-refractivity contribution in [2.75, 3.05) is 0 Å². The summed E-state index contributed by atoms with van der Waals surface area (Å²) in [5.41, 5.74) is 1.38. The molecule has 0 amide bonds. The van der Waals surface area contributed by atoms with Gasteiger partial charge in [-0.25, -0.2) is 0 Å². The molecular formula is C11H17N. The fourth-order valence-electron chi connectivity index (χ4n) is 1.18. The maximum Gasteiger partial charge on any atom is 0.0369 e. The molecule has 0 aromatic carbocycles. The summed E-state index contributed by atoms with van der Waals surface area (Å²) in [6.07, 6.45) is 8.39. The van der Waals surface area contributed by atoms with Crippen molar-refractivity contribution < 1.29 is 0 Å². The van der Waals surface area contributed by atoms with Crippen molar-refractivity contribution in [3.05, 3.63) is 24.4 Å². The Morgan fingerprint density at radius 2 is 1.92 bits per heavy atom. The molecule has 0 spiro atoms. The zero-order valence-electron chi connectivity index (χ0n) is 8.33. The topological polar surface area (TPSA) is 12.4 Å². The molecule has 66 valence electrons. The Hall–Kier alpha value is -0.850. The number of aliphatic imine (C=N–C) groups is 1. The van der Waals surface area contributed by atoms with Gasteiger partial charge in [-0.1, -0.05) is 32.9 Å². The third kappa shape index (κ3) is 2.33. The van der Waals surface area contributed by atoms with E-state index < -0.39 is 0 Å². The fourth-order valence-corrected chi connectivity index (χ4v) is 1.18. The van der Waals surface area contributed by atoms with E-state index in [2.05, 4.69) is 44.0 Å². The molecule has 1 nitrogen and oxygen atoms in total. The van der Waals surface area contributed by atoms with Gasteiger partial charge in [-0.15, -0.1) is 0 Å². The van der Waals surface area contributed by atoms with Gasteiger partial charge in [0.1, 0.15) is 0 Å². The van der Waals surface area contributed by atoms with E-state index in [0.29, 0.717) is 11.3 Å². The van der Waals surface area contributed by atoms with Gasteiger partial charge in [-0.2, -0.15) is 0 Å². The Kier molecular flexibility index (Phi) is 2.51. The third-order valence-electron chi connectivity index (χ3n) is 2.12. The second-order valence-electron chi connectivity index (χ2n) is 4.36. The quantitative estimate of drug-likeness (QED) is 0.520. The van der Waals surface area contributed by atoms with E-state index in [-0.39, 0.29) is 0 Å². The number of hydrogen-bond donors (Lipinski definition) is 0. The monoisotopic (exact) mass is 163 g/mol. The Morgan fingerprint density at radius 1 is 1.25 bits per heavy atom. The molecular weight excluding hydrogens is 146 g/mol. The van der Waals surface area contributed by atoms with E-state index in [1.165, 1.54) is 0 Å². The molecule has 12 heavy (non-hydrogen) atoms. The van der Waals surface area contributed by atoms with Gasteiger partial charge in [-0.05, 0) is 18.4 Å². The van der Waals surface area contributed by atoms with Gasteiger partial charge < -0.3 is 0 Å². The van der Waals surface area contributed by atoms with Crippen LogP contribution in [0.1, 0.15) is 27.7 Å². The third-order valence-corrected chi connectivity index (χ3v) is 2.12.